The number of nitrogens with zero attached hydrogens (tertiary/aromatic N) is 3. The van der Waals surface area contributed by atoms with E-state index in [1.165, 1.54) is 6.07 Å². The maximum atomic E-state index is 10.8. The first kappa shape index (κ1) is 15.1. The second kappa shape index (κ2) is 5.25. The Morgan fingerprint density at radius 3 is 2.57 bits per heavy atom. The lowest BCUT2D eigenvalue weighted by Crippen LogP contribution is -2.27. The zero-order chi connectivity index (χ0) is 15.8. The molecule has 0 amide bonds. The highest BCUT2D eigenvalue weighted by Gasteiger charge is 2.27. The molecule has 0 saturated carbocycles. The van der Waals surface area contributed by atoms with E-state index in [4.69, 9.17) is 10.3 Å². The van der Waals surface area contributed by atoms with E-state index >= 15 is 0 Å². The Kier molecular flexibility index (Phi) is 3.78. The van der Waals surface area contributed by atoms with Gasteiger partial charge in [-0.25, -0.2) is 0 Å². The zero-order valence-electron chi connectivity index (χ0n) is 12.5. The molecule has 1 heterocycles. The van der Waals surface area contributed by atoms with Crippen LogP contribution in [0.3, 0.4) is 0 Å². The number of hydrogen-bond acceptors (Lipinski definition) is 6. The first-order chi connectivity index (χ1) is 9.70. The number of aromatic nitrogens is 2. The fraction of sp³-hybridized carbons (Fsp3) is 0.429. The molecule has 1 aromatic heterocycles. The number of nitro benzene ring substituents is 1. The van der Waals surface area contributed by atoms with Crippen molar-refractivity contribution in [2.45, 2.75) is 33.7 Å². The van der Waals surface area contributed by atoms with Crippen LogP contribution in [0.2, 0.25) is 0 Å². The SMILES string of the molecule is Cc1cc(-c2nc(C(N)C(C)(C)C)no2)ccc1[N+](=O)[O-]. The minimum absolute atomic E-state index is 0.0601. The Hall–Kier alpha value is -2.28. The van der Waals surface area contributed by atoms with E-state index < -0.39 is 4.92 Å². The molecule has 0 fully saturated rings. The Balaban J connectivity index is 2.34. The second-order valence-electron chi connectivity index (χ2n) is 6.06. The number of nitrogens with two attached hydrogens (primary N) is 1. The monoisotopic (exact) mass is 290 g/mol. The van der Waals surface area contributed by atoms with Gasteiger partial charge in [-0.15, -0.1) is 0 Å². The number of nitro groups is 1. The topological polar surface area (TPSA) is 108 Å². The van der Waals surface area contributed by atoms with E-state index in [-0.39, 0.29) is 17.1 Å². The van der Waals surface area contributed by atoms with Gasteiger partial charge in [-0.1, -0.05) is 25.9 Å². The molecule has 0 aliphatic carbocycles. The highest BCUT2D eigenvalue weighted by atomic mass is 16.6. The summed E-state index contributed by atoms with van der Waals surface area (Å²) < 4.78 is 5.21. The van der Waals surface area contributed by atoms with Gasteiger partial charge in [0, 0.05) is 17.2 Å². The molecule has 0 radical (unpaired) electrons. The van der Waals surface area contributed by atoms with Gasteiger partial charge in [0.25, 0.3) is 11.6 Å². The van der Waals surface area contributed by atoms with Crippen LogP contribution in [-0.4, -0.2) is 15.1 Å². The first-order valence-electron chi connectivity index (χ1n) is 6.54. The number of hydrogen-bond donors (Lipinski definition) is 1. The van der Waals surface area contributed by atoms with Crippen molar-refractivity contribution in [1.82, 2.24) is 10.1 Å². The number of aryl methyl sites for hydroxylation is 1. The van der Waals surface area contributed by atoms with Crippen LogP contribution in [0.1, 0.15) is 38.2 Å². The lowest BCUT2D eigenvalue weighted by atomic mass is 9.87. The second-order valence-corrected chi connectivity index (χ2v) is 6.06. The molecule has 1 aromatic carbocycles. The van der Waals surface area contributed by atoms with E-state index in [0.29, 0.717) is 22.8 Å². The minimum atomic E-state index is -0.423. The maximum absolute atomic E-state index is 10.8. The fourth-order valence-corrected chi connectivity index (χ4v) is 1.86. The lowest BCUT2D eigenvalue weighted by Gasteiger charge is -2.23. The van der Waals surface area contributed by atoms with Crippen LogP contribution in [0.25, 0.3) is 11.5 Å². The summed E-state index contributed by atoms with van der Waals surface area (Å²) in [5, 5.41) is 14.7. The van der Waals surface area contributed by atoms with E-state index in [0.717, 1.165) is 0 Å². The van der Waals surface area contributed by atoms with Gasteiger partial charge in [0.15, 0.2) is 5.82 Å². The molecule has 0 bridgehead atoms. The molecule has 7 nitrogen and oxygen atoms in total. The molecule has 0 aliphatic heterocycles. The normalized spacial score (nSPS) is 13.2. The van der Waals surface area contributed by atoms with E-state index in [2.05, 4.69) is 10.1 Å². The predicted molar refractivity (Wildman–Crippen MR) is 77.5 cm³/mol. The molecular weight excluding hydrogens is 272 g/mol. The summed E-state index contributed by atoms with van der Waals surface area (Å²) in [4.78, 5) is 14.7. The van der Waals surface area contributed by atoms with Gasteiger partial charge < -0.3 is 10.3 Å². The maximum Gasteiger partial charge on any atom is 0.272 e. The van der Waals surface area contributed by atoms with Crippen LogP contribution >= 0.6 is 0 Å². The van der Waals surface area contributed by atoms with Gasteiger partial charge in [0.1, 0.15) is 0 Å². The highest BCUT2D eigenvalue weighted by molar-refractivity contribution is 5.58. The van der Waals surface area contributed by atoms with Gasteiger partial charge in [-0.2, -0.15) is 4.98 Å². The van der Waals surface area contributed by atoms with Crippen molar-refractivity contribution >= 4 is 5.69 Å². The molecular formula is C14H18N4O3. The molecule has 0 saturated heterocycles. The Morgan fingerprint density at radius 2 is 2.05 bits per heavy atom. The largest absolute Gasteiger partial charge is 0.334 e. The average molecular weight is 290 g/mol. The smallest absolute Gasteiger partial charge is 0.272 e. The first-order valence-corrected chi connectivity index (χ1v) is 6.54. The molecule has 2 rings (SSSR count). The third-order valence-electron chi connectivity index (χ3n) is 3.29. The third-order valence-corrected chi connectivity index (χ3v) is 3.29. The summed E-state index contributed by atoms with van der Waals surface area (Å²) in [6.07, 6.45) is 0. The van der Waals surface area contributed by atoms with Crippen LogP contribution in [0.4, 0.5) is 5.69 Å². The predicted octanol–water partition coefficient (Wildman–Crippen LogP) is 3.00. The van der Waals surface area contributed by atoms with Crippen molar-refractivity contribution in [3.8, 4) is 11.5 Å². The summed E-state index contributed by atoms with van der Waals surface area (Å²) in [5.74, 6) is 0.733. The molecule has 2 aromatic rings. The van der Waals surface area contributed by atoms with Crippen LogP contribution in [0.5, 0.6) is 0 Å². The molecule has 1 unspecified atom stereocenters. The van der Waals surface area contributed by atoms with Crippen molar-refractivity contribution in [3.05, 3.63) is 39.7 Å². The molecule has 1 atom stereocenters. The molecule has 2 N–H and O–H groups in total. The zero-order valence-corrected chi connectivity index (χ0v) is 12.5. The van der Waals surface area contributed by atoms with Crippen LogP contribution < -0.4 is 5.73 Å². The molecule has 0 spiro atoms. The fourth-order valence-electron chi connectivity index (χ4n) is 1.86. The Labute approximate surface area is 122 Å². The minimum Gasteiger partial charge on any atom is -0.334 e. The molecule has 21 heavy (non-hydrogen) atoms. The van der Waals surface area contributed by atoms with Gasteiger partial charge in [0.2, 0.25) is 0 Å². The van der Waals surface area contributed by atoms with Gasteiger partial charge in [-0.3, -0.25) is 10.1 Å². The van der Waals surface area contributed by atoms with Crippen molar-refractivity contribution in [2.24, 2.45) is 11.1 Å². The summed E-state index contributed by atoms with van der Waals surface area (Å²) >= 11 is 0. The lowest BCUT2D eigenvalue weighted by molar-refractivity contribution is -0.385. The van der Waals surface area contributed by atoms with E-state index in [1.54, 1.807) is 19.1 Å². The van der Waals surface area contributed by atoms with Crippen LogP contribution in [0, 0.1) is 22.5 Å². The molecule has 112 valence electrons. The van der Waals surface area contributed by atoms with Crippen molar-refractivity contribution in [1.29, 1.82) is 0 Å². The summed E-state index contributed by atoms with van der Waals surface area (Å²) in [5.41, 5.74) is 7.13. The van der Waals surface area contributed by atoms with Gasteiger partial charge in [-0.05, 0) is 24.5 Å². The van der Waals surface area contributed by atoms with E-state index in [1.807, 2.05) is 20.8 Å². The van der Waals surface area contributed by atoms with Gasteiger partial charge >= 0.3 is 0 Å². The van der Waals surface area contributed by atoms with Gasteiger partial charge in [0.05, 0.1) is 11.0 Å². The van der Waals surface area contributed by atoms with Crippen molar-refractivity contribution in [2.75, 3.05) is 0 Å². The van der Waals surface area contributed by atoms with Crippen LogP contribution in [-0.2, 0) is 0 Å². The highest BCUT2D eigenvalue weighted by Crippen LogP contribution is 2.30. The summed E-state index contributed by atoms with van der Waals surface area (Å²) in [6.45, 7) is 7.64. The number of benzene rings is 1. The standard InChI is InChI=1S/C14H18N4O3/c1-8-7-9(5-6-10(8)18(19)20)13-16-12(17-21-13)11(15)14(2,3)4/h5-7,11H,15H2,1-4H3. The van der Waals surface area contributed by atoms with Crippen LogP contribution in [0.15, 0.2) is 22.7 Å². The Bertz CT molecular complexity index is 673. The van der Waals surface area contributed by atoms with E-state index in [9.17, 15) is 10.1 Å². The molecule has 7 heteroatoms. The summed E-state index contributed by atoms with van der Waals surface area (Å²) in [6, 6.07) is 4.32. The Morgan fingerprint density at radius 1 is 1.38 bits per heavy atom. The number of rotatable bonds is 3. The average Bonchev–Trinajstić information content (AvgIpc) is 2.85. The van der Waals surface area contributed by atoms with Crippen molar-refractivity contribution in [3.63, 3.8) is 0 Å². The quantitative estimate of drug-likeness (QED) is 0.687. The van der Waals surface area contributed by atoms with Crippen molar-refractivity contribution < 1.29 is 9.45 Å². The molecule has 0 aliphatic rings. The summed E-state index contributed by atoms with van der Waals surface area (Å²) in [7, 11) is 0. The third kappa shape index (κ3) is 3.08.